The fourth-order valence-corrected chi connectivity index (χ4v) is 4.12. The summed E-state index contributed by atoms with van der Waals surface area (Å²) >= 11 is 1.45. The lowest BCUT2D eigenvalue weighted by molar-refractivity contribution is 0.0949. The highest BCUT2D eigenvalue weighted by Crippen LogP contribution is 2.36. The standard InChI is InChI=1S/C20H18N2O3S/c1-13-7-8-15(25-13)12-21-19(23)18-11-16-17(26-18)9-10-22(16)20(24)14-5-3-2-4-6-14/h2-8,11H,9-10,12H2,1H3,(H,21,23). The molecule has 0 unspecified atom stereocenters. The minimum Gasteiger partial charge on any atom is -0.465 e. The van der Waals surface area contributed by atoms with Gasteiger partial charge in [0.05, 0.1) is 17.1 Å². The first-order valence-electron chi connectivity index (χ1n) is 8.45. The molecule has 1 N–H and O–H groups in total. The molecule has 2 amide bonds. The molecule has 0 saturated heterocycles. The number of rotatable bonds is 4. The van der Waals surface area contributed by atoms with Gasteiger partial charge in [0.2, 0.25) is 0 Å². The molecular weight excluding hydrogens is 348 g/mol. The van der Waals surface area contributed by atoms with Crippen LogP contribution in [0.1, 0.15) is 36.4 Å². The van der Waals surface area contributed by atoms with Gasteiger partial charge in [0.25, 0.3) is 11.8 Å². The number of benzene rings is 1. The van der Waals surface area contributed by atoms with Crippen LogP contribution in [-0.4, -0.2) is 18.4 Å². The largest absolute Gasteiger partial charge is 0.465 e. The number of carbonyl (C=O) groups excluding carboxylic acids is 2. The predicted molar refractivity (Wildman–Crippen MR) is 101 cm³/mol. The van der Waals surface area contributed by atoms with E-state index in [0.29, 0.717) is 23.5 Å². The average Bonchev–Trinajstić information content (AvgIpc) is 3.35. The van der Waals surface area contributed by atoms with Gasteiger partial charge in [-0.25, -0.2) is 0 Å². The predicted octanol–water partition coefficient (Wildman–Crippen LogP) is 3.78. The molecule has 4 rings (SSSR count). The van der Waals surface area contributed by atoms with Crippen molar-refractivity contribution in [2.24, 2.45) is 0 Å². The molecule has 26 heavy (non-hydrogen) atoms. The lowest BCUT2D eigenvalue weighted by Crippen LogP contribution is -2.29. The van der Waals surface area contributed by atoms with Gasteiger partial charge in [0.1, 0.15) is 11.5 Å². The molecule has 1 aromatic carbocycles. The number of furan rings is 1. The van der Waals surface area contributed by atoms with Crippen LogP contribution < -0.4 is 10.2 Å². The molecule has 5 nitrogen and oxygen atoms in total. The van der Waals surface area contributed by atoms with E-state index in [0.717, 1.165) is 28.5 Å². The van der Waals surface area contributed by atoms with Crippen molar-refractivity contribution < 1.29 is 14.0 Å². The van der Waals surface area contributed by atoms with E-state index in [4.69, 9.17) is 4.42 Å². The van der Waals surface area contributed by atoms with Crippen molar-refractivity contribution in [1.82, 2.24) is 5.32 Å². The number of nitrogens with one attached hydrogen (secondary N) is 1. The molecule has 0 saturated carbocycles. The zero-order chi connectivity index (χ0) is 18.1. The number of hydrogen-bond acceptors (Lipinski definition) is 4. The molecular formula is C20H18N2O3S. The number of thiophene rings is 1. The van der Waals surface area contributed by atoms with Gasteiger partial charge in [-0.2, -0.15) is 0 Å². The lowest BCUT2D eigenvalue weighted by atomic mass is 10.2. The van der Waals surface area contributed by atoms with E-state index in [1.54, 1.807) is 4.90 Å². The SMILES string of the molecule is Cc1ccc(CNC(=O)c2cc3c(s2)CCN3C(=O)c2ccccc2)o1. The third-order valence-corrected chi connectivity index (χ3v) is 5.53. The fraction of sp³-hybridized carbons (Fsp3) is 0.200. The fourth-order valence-electron chi connectivity index (χ4n) is 3.05. The number of hydrogen-bond donors (Lipinski definition) is 1. The Labute approximate surface area is 155 Å². The molecule has 6 heteroatoms. The van der Waals surface area contributed by atoms with E-state index in [-0.39, 0.29) is 11.8 Å². The minimum absolute atomic E-state index is 0.0276. The van der Waals surface area contributed by atoms with E-state index >= 15 is 0 Å². The number of aryl methyl sites for hydroxylation is 1. The number of amides is 2. The van der Waals surface area contributed by atoms with Crippen molar-refractivity contribution in [3.8, 4) is 0 Å². The highest BCUT2D eigenvalue weighted by atomic mass is 32.1. The van der Waals surface area contributed by atoms with Gasteiger partial charge in [-0.05, 0) is 37.3 Å². The Kier molecular flexibility index (Phi) is 4.34. The number of carbonyl (C=O) groups is 2. The van der Waals surface area contributed by atoms with Gasteiger partial charge in [-0.1, -0.05) is 18.2 Å². The highest BCUT2D eigenvalue weighted by Gasteiger charge is 2.29. The monoisotopic (exact) mass is 366 g/mol. The van der Waals surface area contributed by atoms with E-state index < -0.39 is 0 Å². The molecule has 0 atom stereocenters. The maximum atomic E-state index is 12.7. The summed E-state index contributed by atoms with van der Waals surface area (Å²) in [6, 6.07) is 14.8. The summed E-state index contributed by atoms with van der Waals surface area (Å²) in [4.78, 5) is 28.6. The van der Waals surface area contributed by atoms with E-state index in [1.807, 2.05) is 55.5 Å². The van der Waals surface area contributed by atoms with Gasteiger partial charge >= 0.3 is 0 Å². The maximum Gasteiger partial charge on any atom is 0.261 e. The number of nitrogens with zero attached hydrogens (tertiary/aromatic N) is 1. The highest BCUT2D eigenvalue weighted by molar-refractivity contribution is 7.14. The van der Waals surface area contributed by atoms with Crippen LogP contribution in [-0.2, 0) is 13.0 Å². The van der Waals surface area contributed by atoms with E-state index in [9.17, 15) is 9.59 Å². The van der Waals surface area contributed by atoms with Gasteiger partial charge in [0.15, 0.2) is 0 Å². The van der Waals surface area contributed by atoms with E-state index in [2.05, 4.69) is 5.32 Å². The summed E-state index contributed by atoms with van der Waals surface area (Å²) in [5.74, 6) is 1.37. The van der Waals surface area contributed by atoms with Crippen molar-refractivity contribution in [3.63, 3.8) is 0 Å². The van der Waals surface area contributed by atoms with Crippen molar-refractivity contribution in [2.75, 3.05) is 11.4 Å². The zero-order valence-corrected chi connectivity index (χ0v) is 15.1. The normalized spacial score (nSPS) is 12.9. The van der Waals surface area contributed by atoms with Gasteiger partial charge in [-0.3, -0.25) is 9.59 Å². The van der Waals surface area contributed by atoms with Crippen LogP contribution in [0.25, 0.3) is 0 Å². The molecule has 1 aliphatic heterocycles. The van der Waals surface area contributed by atoms with Gasteiger partial charge < -0.3 is 14.6 Å². The summed E-state index contributed by atoms with van der Waals surface area (Å²) < 4.78 is 5.46. The first-order valence-corrected chi connectivity index (χ1v) is 9.26. The lowest BCUT2D eigenvalue weighted by Gasteiger charge is -2.16. The average molecular weight is 366 g/mol. The minimum atomic E-state index is -0.148. The molecule has 0 spiro atoms. The summed E-state index contributed by atoms with van der Waals surface area (Å²) in [5, 5.41) is 2.87. The Hall–Kier alpha value is -2.86. The van der Waals surface area contributed by atoms with Crippen LogP contribution in [0.3, 0.4) is 0 Å². The van der Waals surface area contributed by atoms with Crippen molar-refractivity contribution in [3.05, 3.63) is 75.4 Å². The molecule has 2 aromatic heterocycles. The topological polar surface area (TPSA) is 62.6 Å². The Balaban J connectivity index is 1.48. The van der Waals surface area contributed by atoms with Crippen LogP contribution in [0.4, 0.5) is 5.69 Å². The summed E-state index contributed by atoms with van der Waals surface area (Å²) in [6.07, 6.45) is 0.781. The molecule has 0 aliphatic carbocycles. The van der Waals surface area contributed by atoms with Crippen molar-refractivity contribution in [2.45, 2.75) is 19.9 Å². The van der Waals surface area contributed by atoms with E-state index in [1.165, 1.54) is 11.3 Å². The second kappa shape index (κ2) is 6.80. The Morgan fingerprint density at radius 3 is 2.73 bits per heavy atom. The first kappa shape index (κ1) is 16.6. The Morgan fingerprint density at radius 2 is 2.00 bits per heavy atom. The molecule has 0 fully saturated rings. The maximum absolute atomic E-state index is 12.7. The van der Waals surface area contributed by atoms with Crippen LogP contribution in [0.15, 0.2) is 52.9 Å². The van der Waals surface area contributed by atoms with Crippen LogP contribution in [0, 0.1) is 6.92 Å². The Morgan fingerprint density at radius 1 is 1.19 bits per heavy atom. The molecule has 0 bridgehead atoms. The molecule has 3 aromatic rings. The van der Waals surface area contributed by atoms with Crippen molar-refractivity contribution in [1.29, 1.82) is 0 Å². The third-order valence-electron chi connectivity index (χ3n) is 4.35. The molecule has 1 aliphatic rings. The van der Waals surface area contributed by atoms with Crippen LogP contribution in [0.2, 0.25) is 0 Å². The second-order valence-corrected chi connectivity index (χ2v) is 7.32. The molecule has 0 radical (unpaired) electrons. The number of anilines is 1. The molecule has 132 valence electrons. The molecule has 3 heterocycles. The second-order valence-electron chi connectivity index (χ2n) is 6.19. The first-order chi connectivity index (χ1) is 12.6. The Bertz CT molecular complexity index is 959. The summed E-state index contributed by atoms with van der Waals surface area (Å²) in [6.45, 7) is 2.87. The van der Waals surface area contributed by atoms with Crippen molar-refractivity contribution >= 4 is 28.8 Å². The smallest absolute Gasteiger partial charge is 0.261 e. The third kappa shape index (κ3) is 3.15. The van der Waals surface area contributed by atoms with Gasteiger partial charge in [0, 0.05) is 23.4 Å². The zero-order valence-electron chi connectivity index (χ0n) is 14.3. The summed E-state index contributed by atoms with van der Waals surface area (Å²) in [5.41, 5.74) is 1.51. The number of fused-ring (bicyclic) bond motifs is 1. The van der Waals surface area contributed by atoms with Crippen LogP contribution >= 0.6 is 11.3 Å². The van der Waals surface area contributed by atoms with Crippen LogP contribution in [0.5, 0.6) is 0 Å². The summed E-state index contributed by atoms with van der Waals surface area (Å²) in [7, 11) is 0. The quantitative estimate of drug-likeness (QED) is 0.764. The van der Waals surface area contributed by atoms with Gasteiger partial charge in [-0.15, -0.1) is 11.3 Å².